The molecule has 220 valence electrons. The normalized spacial score (nSPS) is 20.5. The fourth-order valence-corrected chi connectivity index (χ4v) is 6.05. The van der Waals surface area contributed by atoms with Gasteiger partial charge >= 0.3 is 11.9 Å². The maximum atomic E-state index is 13.5. The van der Waals surface area contributed by atoms with Gasteiger partial charge < -0.3 is 9.47 Å². The van der Waals surface area contributed by atoms with Crippen molar-refractivity contribution in [2.45, 2.75) is 38.1 Å². The monoisotopic (exact) mass is 588 g/mol. The lowest BCUT2D eigenvalue weighted by Gasteiger charge is -2.37. The molecule has 2 atom stereocenters. The zero-order chi connectivity index (χ0) is 30.9. The summed E-state index contributed by atoms with van der Waals surface area (Å²) < 4.78 is 12.1. The first-order valence-corrected chi connectivity index (χ1v) is 14.2. The zero-order valence-electron chi connectivity index (χ0n) is 24.0. The molecular weight excluding hydrogens is 560 g/mol. The highest BCUT2D eigenvalue weighted by atomic mass is 16.6. The Hall–Kier alpha value is -5.64. The molecule has 0 N–H and O–H groups in total. The number of carbonyl (C=O) groups excluding carboxylic acids is 4. The number of benzene rings is 2. The lowest BCUT2D eigenvalue weighted by molar-refractivity contribution is -0.157. The van der Waals surface area contributed by atoms with Crippen LogP contribution in [-0.2, 0) is 30.5 Å². The molecule has 10 nitrogen and oxygen atoms in total. The van der Waals surface area contributed by atoms with Crippen LogP contribution in [0.15, 0.2) is 110 Å². The maximum absolute atomic E-state index is 13.5. The molecule has 0 spiro atoms. The number of nitrogens with zero attached hydrogens (tertiary/aromatic N) is 4. The number of aromatic nitrogens is 2. The molecule has 2 aromatic carbocycles. The third-order valence-corrected chi connectivity index (χ3v) is 7.98. The van der Waals surface area contributed by atoms with Crippen molar-refractivity contribution in [3.63, 3.8) is 0 Å². The molecule has 2 aliphatic heterocycles. The largest absolute Gasteiger partial charge is 0.431 e. The fraction of sp³-hybridized carbons (Fsp3) is 0.176. The van der Waals surface area contributed by atoms with Gasteiger partial charge in [0.1, 0.15) is 0 Å². The Labute approximate surface area is 253 Å². The summed E-state index contributed by atoms with van der Waals surface area (Å²) in [6.45, 7) is 3.62. The first-order valence-electron chi connectivity index (χ1n) is 14.2. The molecule has 2 aliphatic rings. The number of anilines is 2. The minimum atomic E-state index is -1.46. The number of hydrogen-bond donors (Lipinski definition) is 0. The molecule has 4 heterocycles. The van der Waals surface area contributed by atoms with Crippen LogP contribution in [0.4, 0.5) is 11.4 Å². The lowest BCUT2D eigenvalue weighted by atomic mass is 9.98. The van der Waals surface area contributed by atoms with E-state index in [1.807, 2.05) is 13.8 Å². The highest BCUT2D eigenvalue weighted by molar-refractivity contribution is 6.13. The molecule has 0 fully saturated rings. The molecule has 2 amide bonds. The van der Waals surface area contributed by atoms with Gasteiger partial charge in [0.25, 0.3) is 11.8 Å². The molecule has 0 radical (unpaired) electrons. The van der Waals surface area contributed by atoms with E-state index in [0.29, 0.717) is 33.6 Å². The number of hydrogen-bond acceptors (Lipinski definition) is 8. The first kappa shape index (κ1) is 28.5. The van der Waals surface area contributed by atoms with Gasteiger partial charge in [-0.2, -0.15) is 0 Å². The van der Waals surface area contributed by atoms with Gasteiger partial charge in [-0.15, -0.1) is 0 Å². The number of ether oxygens (including phenoxy) is 2. The zero-order valence-corrected chi connectivity index (χ0v) is 24.0. The maximum Gasteiger partial charge on any atom is 0.333 e. The number of amides is 2. The summed E-state index contributed by atoms with van der Waals surface area (Å²) in [4.78, 5) is 64.7. The Balaban J connectivity index is 1.30. The van der Waals surface area contributed by atoms with E-state index in [-0.39, 0.29) is 24.7 Å². The Morgan fingerprint density at radius 2 is 1.00 bits per heavy atom. The Morgan fingerprint density at radius 3 is 1.36 bits per heavy atom. The Kier molecular flexibility index (Phi) is 7.26. The molecule has 0 aliphatic carbocycles. The molecule has 44 heavy (non-hydrogen) atoms. The number of fused-ring (bicyclic) bond motifs is 2. The molecule has 6 rings (SSSR count). The number of carbonyl (C=O) groups is 4. The van der Waals surface area contributed by atoms with Gasteiger partial charge in [0.05, 0.1) is 11.4 Å². The van der Waals surface area contributed by atoms with Crippen LogP contribution >= 0.6 is 0 Å². The van der Waals surface area contributed by atoms with Crippen LogP contribution in [0.5, 0.6) is 0 Å². The van der Waals surface area contributed by atoms with E-state index >= 15 is 0 Å². The fourth-order valence-electron chi connectivity index (χ4n) is 6.05. The molecule has 2 unspecified atom stereocenters. The van der Waals surface area contributed by atoms with E-state index in [9.17, 15) is 19.2 Å². The molecule has 0 bridgehead atoms. The highest BCUT2D eigenvalue weighted by Gasteiger charge is 2.53. The third kappa shape index (κ3) is 4.43. The molecule has 0 saturated heterocycles. The topological polar surface area (TPSA) is 119 Å². The average molecular weight is 589 g/mol. The molecule has 10 heteroatoms. The summed E-state index contributed by atoms with van der Waals surface area (Å²) in [6.07, 6.45) is 8.62. The van der Waals surface area contributed by atoms with Crippen molar-refractivity contribution >= 4 is 35.1 Å². The summed E-state index contributed by atoms with van der Waals surface area (Å²) >= 11 is 0. The van der Waals surface area contributed by atoms with Crippen molar-refractivity contribution in [1.29, 1.82) is 0 Å². The summed E-state index contributed by atoms with van der Waals surface area (Å²) in [6, 6.07) is 20.5. The van der Waals surface area contributed by atoms with Gasteiger partial charge in [-0.1, -0.05) is 50.2 Å². The molecule has 4 aromatic rings. The number of pyridine rings is 2. The van der Waals surface area contributed by atoms with Gasteiger partial charge in [-0.25, -0.2) is 9.59 Å². The van der Waals surface area contributed by atoms with Crippen molar-refractivity contribution in [1.82, 2.24) is 9.97 Å². The van der Waals surface area contributed by atoms with Gasteiger partial charge in [0.2, 0.25) is 11.4 Å². The summed E-state index contributed by atoms with van der Waals surface area (Å²) in [5.41, 5.74) is -0.0176. The summed E-state index contributed by atoms with van der Waals surface area (Å²) in [7, 11) is 0. The molecule has 2 aromatic heterocycles. The molecular formula is C34H28N4O6. The van der Waals surface area contributed by atoms with Crippen LogP contribution in [0, 0.1) is 0 Å². The van der Waals surface area contributed by atoms with Gasteiger partial charge in [0, 0.05) is 72.0 Å². The Morgan fingerprint density at radius 1 is 0.636 bits per heavy atom. The predicted molar refractivity (Wildman–Crippen MR) is 160 cm³/mol. The SMILES string of the molecule is CCC1(OC(=O)/C=C\C(=O)OC2(CC)c3ccccc3C(=O)N2c2ccncc2)c2ccccc2C(=O)N1c1ccncc1. The highest BCUT2D eigenvalue weighted by Crippen LogP contribution is 2.47. The summed E-state index contributed by atoms with van der Waals surface area (Å²) in [5, 5.41) is 0. The van der Waals surface area contributed by atoms with Crippen molar-refractivity contribution in [2.75, 3.05) is 9.80 Å². The Bertz CT molecular complexity index is 1660. The van der Waals surface area contributed by atoms with Crippen LogP contribution in [0.1, 0.15) is 58.5 Å². The van der Waals surface area contributed by atoms with Crippen LogP contribution in [0.25, 0.3) is 0 Å². The van der Waals surface area contributed by atoms with Crippen LogP contribution in [0.2, 0.25) is 0 Å². The summed E-state index contributed by atoms with van der Waals surface area (Å²) in [5.74, 6) is -2.36. The van der Waals surface area contributed by atoms with Gasteiger partial charge in [0.15, 0.2) is 0 Å². The van der Waals surface area contributed by atoms with E-state index in [0.717, 1.165) is 12.2 Å². The van der Waals surface area contributed by atoms with Crippen molar-refractivity contribution < 1.29 is 28.7 Å². The second kappa shape index (κ2) is 11.2. The lowest BCUT2D eigenvalue weighted by Crippen LogP contribution is -2.47. The van der Waals surface area contributed by atoms with Crippen LogP contribution in [0.3, 0.4) is 0 Å². The quantitative estimate of drug-likeness (QED) is 0.202. The smallest absolute Gasteiger partial charge is 0.333 e. The third-order valence-electron chi connectivity index (χ3n) is 7.98. The van der Waals surface area contributed by atoms with Crippen LogP contribution < -0.4 is 9.80 Å². The van der Waals surface area contributed by atoms with E-state index in [1.165, 1.54) is 9.80 Å². The minimum absolute atomic E-state index is 0.237. The standard InChI is InChI=1S/C34H28N4O6/c1-3-33(27-11-7-5-9-25(27)31(41)37(33)23-15-19-35-20-16-23)43-29(39)13-14-30(40)44-34(4-2)28-12-8-6-10-26(28)32(42)38(34)24-17-21-36-22-18-24/h5-22H,3-4H2,1-2H3/b14-13-. The second-order valence-corrected chi connectivity index (χ2v) is 10.2. The van der Waals surface area contributed by atoms with E-state index < -0.39 is 23.4 Å². The molecule has 0 saturated carbocycles. The van der Waals surface area contributed by atoms with Crippen molar-refractivity contribution in [2.24, 2.45) is 0 Å². The van der Waals surface area contributed by atoms with E-state index in [2.05, 4.69) is 9.97 Å². The van der Waals surface area contributed by atoms with E-state index in [1.54, 1.807) is 97.6 Å². The number of rotatable bonds is 8. The van der Waals surface area contributed by atoms with Crippen molar-refractivity contribution in [3.8, 4) is 0 Å². The predicted octanol–water partition coefficient (Wildman–Crippen LogP) is 5.27. The second-order valence-electron chi connectivity index (χ2n) is 10.2. The average Bonchev–Trinajstić information content (AvgIpc) is 3.46. The van der Waals surface area contributed by atoms with Crippen molar-refractivity contribution in [3.05, 3.63) is 132 Å². The first-order chi connectivity index (χ1) is 21.4. The van der Waals surface area contributed by atoms with Gasteiger partial charge in [-0.3, -0.25) is 29.4 Å². The van der Waals surface area contributed by atoms with E-state index in [4.69, 9.17) is 9.47 Å². The minimum Gasteiger partial charge on any atom is -0.431 e. The number of esters is 2. The van der Waals surface area contributed by atoms with Crippen LogP contribution in [-0.4, -0.2) is 33.7 Å². The van der Waals surface area contributed by atoms with Gasteiger partial charge in [-0.05, 0) is 36.4 Å².